The molecule has 0 unspecified atom stereocenters. The molecule has 24 heavy (non-hydrogen) atoms. The summed E-state index contributed by atoms with van der Waals surface area (Å²) in [6.07, 6.45) is 5.00. The third kappa shape index (κ3) is 7.72. The molecule has 2 atom stereocenters. The topological polar surface area (TPSA) is 98.2 Å². The first kappa shape index (κ1) is 23.0. The molecule has 0 aromatic carbocycles. The van der Waals surface area contributed by atoms with Crippen molar-refractivity contribution >= 4 is 22.6 Å². The van der Waals surface area contributed by atoms with Gasteiger partial charge in [0, 0.05) is 23.9 Å². The lowest BCUT2D eigenvalue weighted by Gasteiger charge is -2.23. The van der Waals surface area contributed by atoms with Crippen molar-refractivity contribution < 1.29 is 24.2 Å². The van der Waals surface area contributed by atoms with Crippen molar-refractivity contribution in [3.8, 4) is 0 Å². The van der Waals surface area contributed by atoms with E-state index >= 15 is 0 Å². The van der Waals surface area contributed by atoms with Gasteiger partial charge in [-0.05, 0) is 26.7 Å². The van der Waals surface area contributed by atoms with Gasteiger partial charge >= 0.3 is 0 Å². The SMILES string of the molecule is CCCCCN(O)C(=O)[C@H](C)S(=O)[C@@H](C)C(=O)N(O)CCCCC. The first-order chi connectivity index (χ1) is 11.3. The number of hydroxylamine groups is 4. The number of hydrogen-bond acceptors (Lipinski definition) is 5. The van der Waals surface area contributed by atoms with Gasteiger partial charge in [-0.15, -0.1) is 0 Å². The second kappa shape index (κ2) is 12.4. The summed E-state index contributed by atoms with van der Waals surface area (Å²) >= 11 is 0. The molecule has 0 rings (SSSR count). The molecule has 7 nitrogen and oxygen atoms in total. The lowest BCUT2D eigenvalue weighted by molar-refractivity contribution is -0.165. The van der Waals surface area contributed by atoms with Crippen LogP contribution in [-0.2, 0) is 20.4 Å². The van der Waals surface area contributed by atoms with Crippen molar-refractivity contribution in [1.82, 2.24) is 10.1 Å². The molecule has 142 valence electrons. The van der Waals surface area contributed by atoms with Gasteiger partial charge in [-0.1, -0.05) is 39.5 Å². The van der Waals surface area contributed by atoms with Crippen molar-refractivity contribution in [1.29, 1.82) is 0 Å². The number of nitrogens with zero attached hydrogens (tertiary/aromatic N) is 2. The summed E-state index contributed by atoms with van der Waals surface area (Å²) in [7, 11) is -1.83. The molecule has 0 fully saturated rings. The highest BCUT2D eigenvalue weighted by atomic mass is 32.2. The van der Waals surface area contributed by atoms with Gasteiger partial charge in [-0.2, -0.15) is 0 Å². The summed E-state index contributed by atoms with van der Waals surface area (Å²) in [5.74, 6) is -1.33. The maximum Gasteiger partial charge on any atom is 0.261 e. The minimum absolute atomic E-state index is 0.180. The van der Waals surface area contributed by atoms with Gasteiger partial charge in [0.25, 0.3) is 11.8 Å². The molecule has 0 saturated heterocycles. The zero-order valence-corrected chi connectivity index (χ0v) is 16.0. The fourth-order valence-electron chi connectivity index (χ4n) is 2.17. The number of amides is 2. The highest BCUT2D eigenvalue weighted by Gasteiger charge is 2.33. The van der Waals surface area contributed by atoms with E-state index in [0.717, 1.165) is 25.7 Å². The molecule has 0 aliphatic carbocycles. The zero-order valence-electron chi connectivity index (χ0n) is 15.2. The maximum absolute atomic E-state index is 12.4. The monoisotopic (exact) mass is 364 g/mol. The molecular formula is C16H32N2O5S. The summed E-state index contributed by atoms with van der Waals surface area (Å²) in [6, 6.07) is 0. The average Bonchev–Trinajstić information content (AvgIpc) is 2.58. The van der Waals surface area contributed by atoms with Gasteiger partial charge in [0.05, 0.1) is 0 Å². The summed E-state index contributed by atoms with van der Waals surface area (Å²) in [6.45, 7) is 7.22. The third-order valence-electron chi connectivity index (χ3n) is 3.85. The Kier molecular flexibility index (Phi) is 11.9. The van der Waals surface area contributed by atoms with Crippen LogP contribution in [0, 0.1) is 0 Å². The molecule has 0 radical (unpaired) electrons. The zero-order chi connectivity index (χ0) is 18.7. The molecule has 2 N–H and O–H groups in total. The Hall–Kier alpha value is -0.990. The normalized spacial score (nSPS) is 13.6. The Balaban J connectivity index is 4.57. The minimum atomic E-state index is -1.83. The summed E-state index contributed by atoms with van der Waals surface area (Å²) < 4.78 is 12.4. The number of unbranched alkanes of at least 4 members (excludes halogenated alkanes) is 4. The molecule has 0 aromatic heterocycles. The number of carbonyl (C=O) groups excluding carboxylic acids is 2. The van der Waals surface area contributed by atoms with Crippen LogP contribution in [-0.4, -0.2) is 60.2 Å². The molecule has 0 spiro atoms. The van der Waals surface area contributed by atoms with Crippen molar-refractivity contribution in [2.75, 3.05) is 13.1 Å². The van der Waals surface area contributed by atoms with Crippen LogP contribution < -0.4 is 0 Å². The van der Waals surface area contributed by atoms with Crippen molar-refractivity contribution in [3.05, 3.63) is 0 Å². The number of carbonyl (C=O) groups is 2. The van der Waals surface area contributed by atoms with E-state index < -0.39 is 33.1 Å². The number of rotatable bonds is 12. The van der Waals surface area contributed by atoms with Crippen LogP contribution >= 0.6 is 0 Å². The summed E-state index contributed by atoms with van der Waals surface area (Å²) in [5, 5.41) is 18.6. The van der Waals surface area contributed by atoms with Crippen LogP contribution in [0.2, 0.25) is 0 Å². The second-order valence-corrected chi connectivity index (χ2v) is 8.02. The minimum Gasteiger partial charge on any atom is -0.286 e. The predicted molar refractivity (Wildman–Crippen MR) is 93.1 cm³/mol. The van der Waals surface area contributed by atoms with E-state index in [1.807, 2.05) is 13.8 Å². The quantitative estimate of drug-likeness (QED) is 0.315. The fourth-order valence-corrected chi connectivity index (χ4v) is 3.42. The molecule has 0 aliphatic rings. The Morgan fingerprint density at radius 3 is 1.46 bits per heavy atom. The smallest absolute Gasteiger partial charge is 0.261 e. The maximum atomic E-state index is 12.4. The Morgan fingerprint density at radius 1 is 0.833 bits per heavy atom. The van der Waals surface area contributed by atoms with Crippen molar-refractivity contribution in [2.45, 2.75) is 76.7 Å². The Labute approximate surface area is 147 Å². The van der Waals surface area contributed by atoms with E-state index in [2.05, 4.69) is 0 Å². The lowest BCUT2D eigenvalue weighted by atomic mass is 10.2. The van der Waals surface area contributed by atoms with Gasteiger partial charge in [-0.25, -0.2) is 10.1 Å². The lowest BCUT2D eigenvalue weighted by Crippen LogP contribution is -2.45. The van der Waals surface area contributed by atoms with Gasteiger partial charge in [0.1, 0.15) is 10.5 Å². The molecular weight excluding hydrogens is 332 g/mol. The van der Waals surface area contributed by atoms with Crippen LogP contribution in [0.4, 0.5) is 0 Å². The van der Waals surface area contributed by atoms with Crippen LogP contribution in [0.1, 0.15) is 66.2 Å². The van der Waals surface area contributed by atoms with Crippen molar-refractivity contribution in [2.24, 2.45) is 0 Å². The van der Waals surface area contributed by atoms with E-state index in [9.17, 15) is 24.2 Å². The van der Waals surface area contributed by atoms with Crippen LogP contribution in [0.15, 0.2) is 0 Å². The van der Waals surface area contributed by atoms with E-state index in [4.69, 9.17) is 0 Å². The molecule has 0 aromatic rings. The van der Waals surface area contributed by atoms with Crippen LogP contribution in [0.5, 0.6) is 0 Å². The second-order valence-electron chi connectivity index (χ2n) is 5.95. The summed E-state index contributed by atoms with van der Waals surface area (Å²) in [5.41, 5.74) is 0. The number of hydrogen-bond donors (Lipinski definition) is 2. The highest BCUT2D eigenvalue weighted by molar-refractivity contribution is 7.87. The van der Waals surface area contributed by atoms with E-state index in [1.165, 1.54) is 13.8 Å². The largest absolute Gasteiger partial charge is 0.286 e. The summed E-state index contributed by atoms with van der Waals surface area (Å²) in [4.78, 5) is 24.2. The van der Waals surface area contributed by atoms with Gasteiger partial charge in [-0.3, -0.25) is 24.2 Å². The Morgan fingerprint density at radius 2 is 1.17 bits per heavy atom. The first-order valence-corrected chi connectivity index (χ1v) is 9.95. The first-order valence-electron chi connectivity index (χ1n) is 8.67. The standard InChI is InChI=1S/C16H32N2O5S/c1-5-7-9-11-17(21)15(19)13(3)24(23)14(4)16(20)18(22)12-10-8-6-2/h13-14,21-22H,5-12H2,1-4H3/t13-,14-/m0/s1. The van der Waals surface area contributed by atoms with Crippen molar-refractivity contribution in [3.63, 3.8) is 0 Å². The molecule has 0 heterocycles. The van der Waals surface area contributed by atoms with E-state index in [0.29, 0.717) is 23.0 Å². The van der Waals surface area contributed by atoms with Crippen LogP contribution in [0.3, 0.4) is 0 Å². The van der Waals surface area contributed by atoms with E-state index in [1.54, 1.807) is 0 Å². The fraction of sp³-hybridized carbons (Fsp3) is 0.875. The van der Waals surface area contributed by atoms with Gasteiger partial charge < -0.3 is 0 Å². The van der Waals surface area contributed by atoms with Gasteiger partial charge in [0.2, 0.25) is 0 Å². The molecule has 0 saturated carbocycles. The molecule has 8 heteroatoms. The highest BCUT2D eigenvalue weighted by Crippen LogP contribution is 2.11. The average molecular weight is 365 g/mol. The Bertz CT molecular complexity index is 383. The van der Waals surface area contributed by atoms with E-state index in [-0.39, 0.29) is 13.1 Å². The van der Waals surface area contributed by atoms with Gasteiger partial charge in [0.15, 0.2) is 0 Å². The predicted octanol–water partition coefficient (Wildman–Crippen LogP) is 2.33. The molecule has 2 amide bonds. The molecule has 0 aliphatic heterocycles. The molecule has 0 bridgehead atoms. The third-order valence-corrected chi connectivity index (χ3v) is 5.65. The van der Waals surface area contributed by atoms with Crippen LogP contribution in [0.25, 0.3) is 0 Å².